The van der Waals surface area contributed by atoms with Crippen molar-refractivity contribution in [1.82, 2.24) is 0 Å². The Morgan fingerprint density at radius 2 is 1.57 bits per heavy atom. The fourth-order valence-electron chi connectivity index (χ4n) is 5.98. The Morgan fingerprint density at radius 1 is 0.900 bits per heavy atom. The molecule has 0 bridgehead atoms. The van der Waals surface area contributed by atoms with Gasteiger partial charge in [-0.15, -0.1) is 0 Å². The quantitative estimate of drug-likeness (QED) is 0.322. The number of hydrogen-bond acceptors (Lipinski definition) is 1. The number of piperidine rings is 1. The number of likely N-dealkylation sites (tertiary alicyclic amines) is 1. The lowest BCUT2D eigenvalue weighted by molar-refractivity contribution is -0.953. The van der Waals surface area contributed by atoms with Crippen molar-refractivity contribution < 1.29 is 28.5 Å². The van der Waals surface area contributed by atoms with Gasteiger partial charge in [-0.3, -0.25) is 0 Å². The lowest BCUT2D eigenvalue weighted by Crippen LogP contribution is -3.00. The summed E-state index contributed by atoms with van der Waals surface area (Å²) in [6.07, 6.45) is 9.33. The standard InChI is InChI=1S/C27H39N2.HI/c1-3-29(4-2)19-8-7-12-27(29)13-9-18-28-26-16-14-22(15-17-26)25-20-23-10-5-6-11-24(23)21-25;/h5-6,10-11,14-17,25,27-28H,3-4,7-9,12-13,18-21H2,1-2H3;1H/q+1;/p-1. The van der Waals surface area contributed by atoms with Crippen molar-refractivity contribution in [2.45, 2.75) is 70.8 Å². The van der Waals surface area contributed by atoms with Gasteiger partial charge in [0.2, 0.25) is 0 Å². The van der Waals surface area contributed by atoms with E-state index in [9.17, 15) is 0 Å². The first-order valence-corrected chi connectivity index (χ1v) is 12.0. The second kappa shape index (κ2) is 11.0. The minimum absolute atomic E-state index is 0. The molecule has 1 aliphatic heterocycles. The second-order valence-electron chi connectivity index (χ2n) is 9.29. The first-order chi connectivity index (χ1) is 14.2. The van der Waals surface area contributed by atoms with E-state index in [1.54, 1.807) is 0 Å². The maximum Gasteiger partial charge on any atom is 0.0890 e. The molecule has 0 saturated carbocycles. The number of quaternary nitrogens is 1. The van der Waals surface area contributed by atoms with Crippen LogP contribution in [0.1, 0.15) is 68.6 Å². The number of hydrogen-bond donors (Lipinski definition) is 1. The highest BCUT2D eigenvalue weighted by Gasteiger charge is 2.35. The second-order valence-corrected chi connectivity index (χ2v) is 9.29. The normalized spacial score (nSPS) is 20.4. The van der Waals surface area contributed by atoms with Crippen LogP contribution < -0.4 is 29.3 Å². The molecule has 4 rings (SSSR count). The highest BCUT2D eigenvalue weighted by atomic mass is 127. The summed E-state index contributed by atoms with van der Waals surface area (Å²) in [6.45, 7) is 9.90. The van der Waals surface area contributed by atoms with Gasteiger partial charge in [0.1, 0.15) is 0 Å². The predicted octanol–water partition coefficient (Wildman–Crippen LogP) is 3.17. The van der Waals surface area contributed by atoms with Crippen LogP contribution in [-0.4, -0.2) is 36.7 Å². The summed E-state index contributed by atoms with van der Waals surface area (Å²) in [7, 11) is 0. The summed E-state index contributed by atoms with van der Waals surface area (Å²) < 4.78 is 1.36. The van der Waals surface area contributed by atoms with E-state index in [-0.39, 0.29) is 24.0 Å². The van der Waals surface area contributed by atoms with E-state index in [2.05, 4.69) is 67.7 Å². The molecule has 0 amide bonds. The Bertz CT molecular complexity index is 757. The minimum Gasteiger partial charge on any atom is -1.00 e. The molecule has 1 fully saturated rings. The van der Waals surface area contributed by atoms with Crippen molar-refractivity contribution in [3.05, 3.63) is 65.2 Å². The van der Waals surface area contributed by atoms with E-state index in [0.717, 1.165) is 12.6 Å². The van der Waals surface area contributed by atoms with Crippen LogP contribution in [0.2, 0.25) is 0 Å². The average molecular weight is 519 g/mol. The van der Waals surface area contributed by atoms with Crippen LogP contribution in [0.25, 0.3) is 0 Å². The van der Waals surface area contributed by atoms with E-state index in [4.69, 9.17) is 0 Å². The number of anilines is 1. The largest absolute Gasteiger partial charge is 1.00 e. The third-order valence-corrected chi connectivity index (χ3v) is 7.90. The zero-order chi connectivity index (χ0) is 20.1. The summed E-state index contributed by atoms with van der Waals surface area (Å²) in [5.74, 6) is 0.654. The molecule has 30 heavy (non-hydrogen) atoms. The van der Waals surface area contributed by atoms with Crippen LogP contribution in [0.3, 0.4) is 0 Å². The molecule has 0 radical (unpaired) electrons. The summed E-state index contributed by atoms with van der Waals surface area (Å²) in [5.41, 5.74) is 5.84. The van der Waals surface area contributed by atoms with E-state index >= 15 is 0 Å². The molecule has 1 aliphatic carbocycles. The van der Waals surface area contributed by atoms with Gasteiger partial charge in [0.25, 0.3) is 0 Å². The number of nitrogens with zero attached hydrogens (tertiary/aromatic N) is 1. The molecule has 1 atom stereocenters. The topological polar surface area (TPSA) is 12.0 Å². The van der Waals surface area contributed by atoms with Gasteiger partial charge >= 0.3 is 0 Å². The molecule has 2 aliphatic rings. The predicted molar refractivity (Wildman–Crippen MR) is 125 cm³/mol. The van der Waals surface area contributed by atoms with E-state index in [1.165, 1.54) is 91.4 Å². The fourth-order valence-corrected chi connectivity index (χ4v) is 5.98. The van der Waals surface area contributed by atoms with E-state index < -0.39 is 0 Å². The van der Waals surface area contributed by atoms with Crippen molar-refractivity contribution in [3.63, 3.8) is 0 Å². The number of halogens is 1. The SMILES string of the molecule is CC[N+]1(CC)CCCCC1CCCNc1ccc(C2Cc3ccccc3C2)cc1.[I-]. The zero-order valence-electron chi connectivity index (χ0n) is 18.9. The van der Waals surface area contributed by atoms with Crippen molar-refractivity contribution in [3.8, 4) is 0 Å². The lowest BCUT2D eigenvalue weighted by Gasteiger charge is -2.47. The number of fused-ring (bicyclic) bond motifs is 1. The van der Waals surface area contributed by atoms with E-state index in [1.807, 2.05) is 0 Å². The molecule has 1 N–H and O–H groups in total. The number of nitrogens with one attached hydrogen (secondary N) is 1. The van der Waals surface area contributed by atoms with Crippen LogP contribution in [0.4, 0.5) is 5.69 Å². The smallest absolute Gasteiger partial charge is 0.0890 e. The molecular weight excluding hydrogens is 479 g/mol. The molecular formula is C27H39IN2. The maximum atomic E-state index is 3.68. The van der Waals surface area contributed by atoms with Gasteiger partial charge in [0.15, 0.2) is 0 Å². The van der Waals surface area contributed by atoms with Gasteiger partial charge in [0, 0.05) is 18.7 Å². The first-order valence-electron chi connectivity index (χ1n) is 12.0. The van der Waals surface area contributed by atoms with Crippen molar-refractivity contribution in [2.24, 2.45) is 0 Å². The van der Waals surface area contributed by atoms with E-state index in [0.29, 0.717) is 5.92 Å². The van der Waals surface area contributed by atoms with Gasteiger partial charge in [-0.05, 0) is 87.1 Å². The molecule has 1 unspecified atom stereocenters. The van der Waals surface area contributed by atoms with Gasteiger partial charge in [-0.2, -0.15) is 0 Å². The average Bonchev–Trinajstić information content (AvgIpc) is 3.22. The van der Waals surface area contributed by atoms with Crippen LogP contribution >= 0.6 is 0 Å². The maximum absolute atomic E-state index is 3.68. The number of rotatable bonds is 8. The van der Waals surface area contributed by atoms with Gasteiger partial charge in [0.05, 0.1) is 25.7 Å². The monoisotopic (exact) mass is 518 g/mol. The molecule has 3 heteroatoms. The summed E-state index contributed by atoms with van der Waals surface area (Å²) in [5, 5.41) is 3.68. The third kappa shape index (κ3) is 5.21. The molecule has 2 nitrogen and oxygen atoms in total. The summed E-state index contributed by atoms with van der Waals surface area (Å²) >= 11 is 0. The highest BCUT2D eigenvalue weighted by molar-refractivity contribution is 5.46. The molecule has 1 saturated heterocycles. The molecule has 0 spiro atoms. The lowest BCUT2D eigenvalue weighted by atomic mass is 9.94. The van der Waals surface area contributed by atoms with Crippen molar-refractivity contribution in [2.75, 3.05) is 31.5 Å². The minimum atomic E-state index is 0. The van der Waals surface area contributed by atoms with Gasteiger partial charge in [-0.25, -0.2) is 0 Å². The zero-order valence-corrected chi connectivity index (χ0v) is 21.0. The van der Waals surface area contributed by atoms with Crippen molar-refractivity contribution in [1.29, 1.82) is 0 Å². The molecule has 1 heterocycles. The summed E-state index contributed by atoms with van der Waals surface area (Å²) in [6, 6.07) is 19.1. The summed E-state index contributed by atoms with van der Waals surface area (Å²) in [4.78, 5) is 0. The highest BCUT2D eigenvalue weighted by Crippen LogP contribution is 2.34. The fraction of sp³-hybridized carbons (Fsp3) is 0.556. The number of benzene rings is 2. The third-order valence-electron chi connectivity index (χ3n) is 7.90. The Morgan fingerprint density at radius 3 is 2.20 bits per heavy atom. The molecule has 2 aromatic rings. The van der Waals surface area contributed by atoms with Crippen LogP contribution in [0.5, 0.6) is 0 Å². The van der Waals surface area contributed by atoms with Gasteiger partial charge < -0.3 is 33.8 Å². The molecule has 2 aromatic carbocycles. The Labute approximate surface area is 201 Å². The van der Waals surface area contributed by atoms with Gasteiger partial charge in [-0.1, -0.05) is 36.4 Å². The molecule has 164 valence electrons. The van der Waals surface area contributed by atoms with Crippen molar-refractivity contribution >= 4 is 5.69 Å². The first kappa shape index (κ1) is 23.6. The molecule has 0 aromatic heterocycles. The van der Waals surface area contributed by atoms with Crippen LogP contribution in [0.15, 0.2) is 48.5 Å². The Balaban J connectivity index is 0.00000256. The Hall–Kier alpha value is -1.07. The van der Waals surface area contributed by atoms with Crippen LogP contribution in [-0.2, 0) is 12.8 Å². The Kier molecular flexibility index (Phi) is 8.64. The van der Waals surface area contributed by atoms with Crippen LogP contribution in [0, 0.1) is 0 Å².